The third kappa shape index (κ3) is 3.05. The largest absolute Gasteiger partial charge is 0.306 e. The van der Waals surface area contributed by atoms with Crippen molar-refractivity contribution in [3.8, 4) is 0 Å². The van der Waals surface area contributed by atoms with Gasteiger partial charge >= 0.3 is 0 Å². The summed E-state index contributed by atoms with van der Waals surface area (Å²) < 4.78 is 67.3. The molecular weight excluding hydrogens is 289 g/mol. The highest BCUT2D eigenvalue weighted by atomic mass is 19.2. The lowest BCUT2D eigenvalue weighted by molar-refractivity contribution is 0.464. The van der Waals surface area contributed by atoms with E-state index in [1.165, 1.54) is 12.1 Å². The molecule has 0 aliphatic rings. The van der Waals surface area contributed by atoms with Gasteiger partial charge in [0.15, 0.2) is 23.3 Å². The predicted molar refractivity (Wildman–Crippen MR) is 68.2 cm³/mol. The van der Waals surface area contributed by atoms with Gasteiger partial charge in [0.2, 0.25) is 0 Å². The Hall–Kier alpha value is -1.95. The summed E-state index contributed by atoms with van der Waals surface area (Å²) in [5.74, 6) is -5.90. The van der Waals surface area contributed by atoms with Crippen molar-refractivity contribution < 1.29 is 22.0 Å². The molecule has 0 radical (unpaired) electrons. The quantitative estimate of drug-likeness (QED) is 0.663. The van der Waals surface area contributed by atoms with Gasteiger partial charge in [-0.05, 0) is 18.7 Å². The highest BCUT2D eigenvalue weighted by Crippen LogP contribution is 2.28. The monoisotopic (exact) mass is 301 g/mol. The molecule has 0 heterocycles. The third-order valence-electron chi connectivity index (χ3n) is 3.05. The lowest BCUT2D eigenvalue weighted by atomic mass is 9.97. The van der Waals surface area contributed by atoms with Gasteiger partial charge in [0, 0.05) is 17.2 Å². The molecule has 1 N–H and O–H groups in total. The number of halogens is 5. The fourth-order valence-electron chi connectivity index (χ4n) is 2.09. The topological polar surface area (TPSA) is 12.0 Å². The second-order valence-electron chi connectivity index (χ2n) is 4.42. The Morgan fingerprint density at radius 3 is 2.19 bits per heavy atom. The minimum absolute atomic E-state index is 0.179. The second-order valence-corrected chi connectivity index (χ2v) is 4.42. The van der Waals surface area contributed by atoms with E-state index < -0.39 is 35.1 Å². The van der Waals surface area contributed by atoms with Crippen LogP contribution >= 0.6 is 0 Å². The molecule has 1 unspecified atom stereocenters. The number of benzene rings is 2. The number of hydrogen-bond donors (Lipinski definition) is 1. The Balaban J connectivity index is 2.59. The molecule has 0 bridgehead atoms. The summed E-state index contributed by atoms with van der Waals surface area (Å²) in [5, 5.41) is 2.73. The summed E-state index contributed by atoms with van der Waals surface area (Å²) in [6.07, 6.45) is 0. The molecule has 112 valence electrons. The van der Waals surface area contributed by atoms with Crippen LogP contribution in [0.2, 0.25) is 0 Å². The van der Waals surface area contributed by atoms with Gasteiger partial charge in [-0.15, -0.1) is 0 Å². The van der Waals surface area contributed by atoms with Gasteiger partial charge in [-0.2, -0.15) is 0 Å². The van der Waals surface area contributed by atoms with E-state index in [0.717, 1.165) is 6.07 Å². The van der Waals surface area contributed by atoms with E-state index in [9.17, 15) is 22.0 Å². The Bertz CT molecular complexity index is 657. The Kier molecular flexibility index (Phi) is 4.57. The van der Waals surface area contributed by atoms with Crippen LogP contribution in [-0.2, 0) is 0 Å². The fourth-order valence-corrected chi connectivity index (χ4v) is 2.09. The first-order chi connectivity index (χ1) is 9.95. The second kappa shape index (κ2) is 6.22. The molecule has 0 aromatic heterocycles. The van der Waals surface area contributed by atoms with E-state index in [1.807, 2.05) is 0 Å². The minimum Gasteiger partial charge on any atom is -0.306 e. The normalized spacial score (nSPS) is 12.5. The maximum atomic E-state index is 13.9. The standard InChI is InChI=1S/C15H12F5N/c1-2-21-15(8-4-3-5-10(16)14(8)20)9-6-12(18)13(19)7-11(9)17/h3-7,15,21H,2H2,1H3. The van der Waals surface area contributed by atoms with Gasteiger partial charge in [0.25, 0.3) is 0 Å². The summed E-state index contributed by atoms with van der Waals surface area (Å²) in [7, 11) is 0. The van der Waals surface area contributed by atoms with E-state index in [-0.39, 0.29) is 11.1 Å². The zero-order valence-corrected chi connectivity index (χ0v) is 11.1. The SMILES string of the molecule is CCNC(c1cc(F)c(F)cc1F)c1cccc(F)c1F. The van der Waals surface area contributed by atoms with E-state index in [2.05, 4.69) is 5.32 Å². The Morgan fingerprint density at radius 2 is 1.52 bits per heavy atom. The fraction of sp³-hybridized carbons (Fsp3) is 0.200. The van der Waals surface area contributed by atoms with Crippen LogP contribution in [0.15, 0.2) is 30.3 Å². The van der Waals surface area contributed by atoms with E-state index in [4.69, 9.17) is 0 Å². The van der Waals surface area contributed by atoms with Crippen molar-refractivity contribution in [2.75, 3.05) is 6.54 Å². The van der Waals surface area contributed by atoms with Gasteiger partial charge < -0.3 is 5.32 Å². The summed E-state index contributed by atoms with van der Waals surface area (Å²) in [4.78, 5) is 0. The molecule has 0 spiro atoms. The maximum Gasteiger partial charge on any atom is 0.163 e. The molecule has 2 aromatic carbocycles. The van der Waals surface area contributed by atoms with Gasteiger partial charge in [0.1, 0.15) is 5.82 Å². The summed E-state index contributed by atoms with van der Waals surface area (Å²) in [6.45, 7) is 1.96. The average Bonchev–Trinajstić information content (AvgIpc) is 2.44. The molecule has 6 heteroatoms. The van der Waals surface area contributed by atoms with E-state index in [1.54, 1.807) is 6.92 Å². The van der Waals surface area contributed by atoms with Crippen molar-refractivity contribution in [3.63, 3.8) is 0 Å². The summed E-state index contributed by atoms with van der Waals surface area (Å²) in [5.41, 5.74) is -0.470. The van der Waals surface area contributed by atoms with Gasteiger partial charge in [-0.1, -0.05) is 19.1 Å². The van der Waals surface area contributed by atoms with Crippen molar-refractivity contribution in [1.82, 2.24) is 5.32 Å². The number of hydrogen-bond acceptors (Lipinski definition) is 1. The van der Waals surface area contributed by atoms with Gasteiger partial charge in [0.05, 0.1) is 6.04 Å². The highest BCUT2D eigenvalue weighted by Gasteiger charge is 2.23. The Morgan fingerprint density at radius 1 is 0.857 bits per heavy atom. The van der Waals surface area contributed by atoms with Crippen molar-refractivity contribution in [2.24, 2.45) is 0 Å². The first-order valence-corrected chi connectivity index (χ1v) is 6.27. The number of nitrogens with one attached hydrogen (secondary N) is 1. The van der Waals surface area contributed by atoms with Crippen LogP contribution in [0.4, 0.5) is 22.0 Å². The molecule has 1 atom stereocenters. The molecule has 2 rings (SSSR count). The molecule has 21 heavy (non-hydrogen) atoms. The van der Waals surface area contributed by atoms with Crippen LogP contribution in [0.3, 0.4) is 0 Å². The number of rotatable bonds is 4. The molecule has 0 aliphatic carbocycles. The third-order valence-corrected chi connectivity index (χ3v) is 3.05. The molecular formula is C15H12F5N. The Labute approximate surface area is 118 Å². The lowest BCUT2D eigenvalue weighted by Gasteiger charge is -2.20. The van der Waals surface area contributed by atoms with Crippen LogP contribution in [0.1, 0.15) is 24.1 Å². The van der Waals surface area contributed by atoms with Crippen LogP contribution in [0.5, 0.6) is 0 Å². The molecule has 0 aliphatic heterocycles. The van der Waals surface area contributed by atoms with Crippen LogP contribution < -0.4 is 5.32 Å². The minimum atomic E-state index is -1.34. The predicted octanol–water partition coefficient (Wildman–Crippen LogP) is 4.08. The van der Waals surface area contributed by atoms with Gasteiger partial charge in [-0.25, -0.2) is 22.0 Å². The zero-order chi connectivity index (χ0) is 15.6. The summed E-state index contributed by atoms with van der Waals surface area (Å²) >= 11 is 0. The summed E-state index contributed by atoms with van der Waals surface area (Å²) in [6, 6.07) is 3.33. The van der Waals surface area contributed by atoms with Crippen molar-refractivity contribution in [3.05, 3.63) is 70.5 Å². The molecule has 1 nitrogen and oxygen atoms in total. The van der Waals surface area contributed by atoms with Crippen molar-refractivity contribution in [2.45, 2.75) is 13.0 Å². The van der Waals surface area contributed by atoms with Crippen LogP contribution in [-0.4, -0.2) is 6.54 Å². The molecule has 2 aromatic rings. The van der Waals surface area contributed by atoms with E-state index in [0.29, 0.717) is 18.7 Å². The lowest BCUT2D eigenvalue weighted by Crippen LogP contribution is -2.24. The maximum absolute atomic E-state index is 13.9. The molecule has 0 fully saturated rings. The van der Waals surface area contributed by atoms with Crippen LogP contribution in [0.25, 0.3) is 0 Å². The zero-order valence-electron chi connectivity index (χ0n) is 11.1. The molecule has 0 saturated heterocycles. The first-order valence-electron chi connectivity index (χ1n) is 6.27. The first kappa shape index (κ1) is 15.4. The highest BCUT2D eigenvalue weighted by molar-refractivity contribution is 5.34. The van der Waals surface area contributed by atoms with E-state index >= 15 is 0 Å². The molecule has 0 amide bonds. The van der Waals surface area contributed by atoms with Crippen molar-refractivity contribution in [1.29, 1.82) is 0 Å². The molecule has 0 saturated carbocycles. The van der Waals surface area contributed by atoms with Crippen LogP contribution in [0, 0.1) is 29.1 Å². The van der Waals surface area contributed by atoms with Gasteiger partial charge in [-0.3, -0.25) is 0 Å². The smallest absolute Gasteiger partial charge is 0.163 e. The average molecular weight is 301 g/mol. The van der Waals surface area contributed by atoms with Crippen molar-refractivity contribution >= 4 is 0 Å².